The zero-order valence-corrected chi connectivity index (χ0v) is 9.11. The molecule has 84 valence electrons. The number of hydrogen-bond donors (Lipinski definition) is 1. The van der Waals surface area contributed by atoms with Crippen LogP contribution in [0.5, 0.6) is 5.75 Å². The number of hydrogen-bond acceptors (Lipinski definition) is 3. The third kappa shape index (κ3) is 3.83. The van der Waals surface area contributed by atoms with Gasteiger partial charge < -0.3 is 10.5 Å². The second-order valence-corrected chi connectivity index (χ2v) is 3.67. The number of ether oxygens (including phenoxy) is 1. The van der Waals surface area contributed by atoms with Gasteiger partial charge in [-0.15, -0.1) is 0 Å². The van der Waals surface area contributed by atoms with Crippen molar-refractivity contribution in [2.45, 2.75) is 32.5 Å². The first-order valence-corrected chi connectivity index (χ1v) is 5.09. The summed E-state index contributed by atoms with van der Waals surface area (Å²) in [7, 11) is 0. The van der Waals surface area contributed by atoms with E-state index in [1.165, 1.54) is 6.20 Å². The molecular formula is C11H17FN2O. The Morgan fingerprint density at radius 1 is 1.47 bits per heavy atom. The van der Waals surface area contributed by atoms with Gasteiger partial charge in [-0.2, -0.15) is 0 Å². The van der Waals surface area contributed by atoms with Crippen LogP contribution in [0.1, 0.15) is 32.0 Å². The molecule has 1 heterocycles. The summed E-state index contributed by atoms with van der Waals surface area (Å²) in [5.74, 6) is 0.599. The van der Waals surface area contributed by atoms with Gasteiger partial charge in [0.05, 0.1) is 12.3 Å². The van der Waals surface area contributed by atoms with E-state index in [0.29, 0.717) is 24.3 Å². The topological polar surface area (TPSA) is 48.1 Å². The zero-order valence-electron chi connectivity index (χ0n) is 9.11. The van der Waals surface area contributed by atoms with Gasteiger partial charge in [-0.25, -0.2) is 4.39 Å². The maximum Gasteiger partial charge on any atom is 0.138 e. The third-order valence-electron chi connectivity index (χ3n) is 1.89. The van der Waals surface area contributed by atoms with Crippen molar-refractivity contribution in [3.05, 3.63) is 24.0 Å². The van der Waals surface area contributed by atoms with E-state index < -0.39 is 6.17 Å². The smallest absolute Gasteiger partial charge is 0.138 e. The van der Waals surface area contributed by atoms with Crippen LogP contribution in [0, 0.1) is 0 Å². The minimum absolute atomic E-state index is 0.0645. The maximum atomic E-state index is 13.5. The van der Waals surface area contributed by atoms with Crippen LogP contribution in [0.2, 0.25) is 0 Å². The van der Waals surface area contributed by atoms with Crippen LogP contribution >= 0.6 is 0 Å². The van der Waals surface area contributed by atoms with Crippen molar-refractivity contribution >= 4 is 0 Å². The number of nitrogens with zero attached hydrogens (tertiary/aromatic N) is 1. The van der Waals surface area contributed by atoms with Crippen LogP contribution in [-0.4, -0.2) is 17.6 Å². The molecule has 1 aromatic heterocycles. The molecule has 0 spiro atoms. The quantitative estimate of drug-likeness (QED) is 0.814. The summed E-state index contributed by atoms with van der Waals surface area (Å²) in [5, 5.41) is 0. The summed E-state index contributed by atoms with van der Waals surface area (Å²) in [6.45, 7) is 4.16. The standard InChI is InChI=1S/C11H17FN2O/c1-8(2)15-10-5-9(6-14-7-10)11(12)3-4-13/h5-8,11H,3-4,13H2,1-2H3. The van der Waals surface area contributed by atoms with E-state index in [1.807, 2.05) is 13.8 Å². The van der Waals surface area contributed by atoms with Gasteiger partial charge >= 0.3 is 0 Å². The first-order valence-electron chi connectivity index (χ1n) is 5.09. The lowest BCUT2D eigenvalue weighted by Crippen LogP contribution is -2.07. The third-order valence-corrected chi connectivity index (χ3v) is 1.89. The average Bonchev–Trinajstić information content (AvgIpc) is 2.17. The molecule has 4 heteroatoms. The summed E-state index contributed by atoms with van der Waals surface area (Å²) < 4.78 is 18.9. The predicted molar refractivity (Wildman–Crippen MR) is 57.5 cm³/mol. The molecule has 0 radical (unpaired) electrons. The summed E-state index contributed by atoms with van der Waals surface area (Å²) in [6.07, 6.45) is 2.41. The fraction of sp³-hybridized carbons (Fsp3) is 0.545. The van der Waals surface area contributed by atoms with E-state index in [2.05, 4.69) is 4.98 Å². The minimum atomic E-state index is -1.06. The Bertz CT molecular complexity index is 304. The molecule has 1 aromatic rings. The Morgan fingerprint density at radius 3 is 2.80 bits per heavy atom. The second kappa shape index (κ2) is 5.66. The van der Waals surface area contributed by atoms with E-state index in [9.17, 15) is 4.39 Å². The first kappa shape index (κ1) is 11.9. The number of nitrogens with two attached hydrogens (primary N) is 1. The van der Waals surface area contributed by atoms with E-state index in [-0.39, 0.29) is 6.10 Å². The van der Waals surface area contributed by atoms with Crippen LogP contribution in [0.25, 0.3) is 0 Å². The van der Waals surface area contributed by atoms with Crippen molar-refractivity contribution < 1.29 is 9.13 Å². The Hall–Kier alpha value is -1.16. The van der Waals surface area contributed by atoms with E-state index in [4.69, 9.17) is 10.5 Å². The van der Waals surface area contributed by atoms with Crippen LogP contribution in [0.3, 0.4) is 0 Å². The predicted octanol–water partition coefficient (Wildman–Crippen LogP) is 2.23. The van der Waals surface area contributed by atoms with E-state index in [1.54, 1.807) is 12.3 Å². The minimum Gasteiger partial charge on any atom is -0.489 e. The Morgan fingerprint density at radius 2 is 2.20 bits per heavy atom. The van der Waals surface area contributed by atoms with Crippen molar-refractivity contribution in [3.8, 4) is 5.75 Å². The van der Waals surface area contributed by atoms with Gasteiger partial charge in [0, 0.05) is 11.8 Å². The number of aromatic nitrogens is 1. The van der Waals surface area contributed by atoms with Crippen LogP contribution in [0.15, 0.2) is 18.5 Å². The lowest BCUT2D eigenvalue weighted by atomic mass is 10.1. The SMILES string of the molecule is CC(C)Oc1cncc(C(F)CCN)c1. The lowest BCUT2D eigenvalue weighted by molar-refractivity contribution is 0.240. The fourth-order valence-electron chi connectivity index (χ4n) is 1.26. The van der Waals surface area contributed by atoms with Gasteiger partial charge in [-0.3, -0.25) is 4.98 Å². The molecular weight excluding hydrogens is 195 g/mol. The van der Waals surface area contributed by atoms with Crippen molar-refractivity contribution in [1.29, 1.82) is 0 Å². The van der Waals surface area contributed by atoms with Crippen molar-refractivity contribution in [2.24, 2.45) is 5.73 Å². The molecule has 0 aliphatic carbocycles. The summed E-state index contributed by atoms with van der Waals surface area (Å²) in [6, 6.07) is 1.67. The Kier molecular flexibility index (Phi) is 4.49. The molecule has 0 saturated heterocycles. The van der Waals surface area contributed by atoms with Crippen LogP contribution < -0.4 is 10.5 Å². The highest BCUT2D eigenvalue weighted by molar-refractivity contribution is 5.25. The molecule has 0 bridgehead atoms. The molecule has 1 rings (SSSR count). The Labute approximate surface area is 89.5 Å². The lowest BCUT2D eigenvalue weighted by Gasteiger charge is -2.11. The summed E-state index contributed by atoms with van der Waals surface area (Å²) >= 11 is 0. The van der Waals surface area contributed by atoms with Gasteiger partial charge in [0.15, 0.2) is 0 Å². The highest BCUT2D eigenvalue weighted by Gasteiger charge is 2.10. The van der Waals surface area contributed by atoms with Crippen LogP contribution in [0.4, 0.5) is 4.39 Å². The van der Waals surface area contributed by atoms with Crippen molar-refractivity contribution in [3.63, 3.8) is 0 Å². The molecule has 3 nitrogen and oxygen atoms in total. The molecule has 15 heavy (non-hydrogen) atoms. The number of alkyl halides is 1. The molecule has 0 aromatic carbocycles. The highest BCUT2D eigenvalue weighted by Crippen LogP contribution is 2.23. The first-order chi connectivity index (χ1) is 7.13. The fourth-order valence-corrected chi connectivity index (χ4v) is 1.26. The molecule has 0 saturated carbocycles. The van der Waals surface area contributed by atoms with Crippen molar-refractivity contribution in [1.82, 2.24) is 4.98 Å². The Balaban J connectivity index is 2.73. The van der Waals surface area contributed by atoms with Gasteiger partial charge in [0.1, 0.15) is 11.9 Å². The zero-order chi connectivity index (χ0) is 11.3. The highest BCUT2D eigenvalue weighted by atomic mass is 19.1. The van der Waals surface area contributed by atoms with Gasteiger partial charge in [-0.05, 0) is 32.9 Å². The molecule has 0 aliphatic rings. The molecule has 1 atom stereocenters. The monoisotopic (exact) mass is 212 g/mol. The molecule has 0 fully saturated rings. The summed E-state index contributed by atoms with van der Waals surface area (Å²) in [4.78, 5) is 3.94. The largest absolute Gasteiger partial charge is 0.489 e. The summed E-state index contributed by atoms with van der Waals surface area (Å²) in [5.41, 5.74) is 5.82. The number of pyridine rings is 1. The van der Waals surface area contributed by atoms with E-state index in [0.717, 1.165) is 0 Å². The second-order valence-electron chi connectivity index (χ2n) is 3.67. The van der Waals surface area contributed by atoms with Gasteiger partial charge in [-0.1, -0.05) is 0 Å². The van der Waals surface area contributed by atoms with Gasteiger partial charge in [0.25, 0.3) is 0 Å². The molecule has 0 amide bonds. The average molecular weight is 212 g/mol. The van der Waals surface area contributed by atoms with Crippen LogP contribution in [-0.2, 0) is 0 Å². The number of rotatable bonds is 5. The van der Waals surface area contributed by atoms with E-state index >= 15 is 0 Å². The number of halogens is 1. The molecule has 2 N–H and O–H groups in total. The molecule has 0 aliphatic heterocycles. The van der Waals surface area contributed by atoms with Gasteiger partial charge in [0.2, 0.25) is 0 Å². The normalized spacial score (nSPS) is 12.9. The molecule has 1 unspecified atom stereocenters. The maximum absolute atomic E-state index is 13.5. The van der Waals surface area contributed by atoms with Crippen molar-refractivity contribution in [2.75, 3.05) is 6.54 Å².